The Morgan fingerprint density at radius 3 is 2.82 bits per heavy atom. The molecule has 2 aromatic rings. The molecule has 0 saturated carbocycles. The second-order valence-corrected chi connectivity index (χ2v) is 5.58. The molecule has 1 aromatic heterocycles. The fraction of sp³-hybridized carbons (Fsp3) is 0. The van der Waals surface area contributed by atoms with Crippen LogP contribution in [0.15, 0.2) is 45.9 Å². The van der Waals surface area contributed by atoms with Gasteiger partial charge in [0.05, 0.1) is 5.70 Å². The molecule has 2 heterocycles. The molecular weight excluding hydrogens is 298 g/mol. The Kier molecular flexibility index (Phi) is 2.61. The normalized spacial score (nSPS) is 16.1. The van der Waals surface area contributed by atoms with Crippen LogP contribution in [0.2, 0.25) is 0 Å². The number of carbonyl (C=O) groups is 1. The van der Waals surface area contributed by atoms with Crippen LogP contribution >= 0.6 is 27.3 Å². The van der Waals surface area contributed by atoms with Gasteiger partial charge in [0.25, 0.3) is 0 Å². The standard InChI is InChI=1S/C13H8BrNOS/c14-8-5-9(17-7-8)6-12-13(16)10-3-1-2-4-11(10)15-12/h1-7,15H/b12-6-. The predicted octanol–water partition coefficient (Wildman–Crippen LogP) is 4.16. The number of fused-ring (bicyclic) bond motifs is 1. The van der Waals surface area contributed by atoms with Crippen molar-refractivity contribution in [3.8, 4) is 0 Å². The summed E-state index contributed by atoms with van der Waals surface area (Å²) in [5.74, 6) is 0.0603. The molecule has 0 atom stereocenters. The van der Waals surface area contributed by atoms with Gasteiger partial charge in [-0.05, 0) is 40.2 Å². The fourth-order valence-corrected chi connectivity index (χ4v) is 3.16. The van der Waals surface area contributed by atoms with E-state index >= 15 is 0 Å². The minimum atomic E-state index is 0.0603. The van der Waals surface area contributed by atoms with E-state index in [-0.39, 0.29) is 5.78 Å². The molecule has 0 saturated heterocycles. The maximum atomic E-state index is 12.1. The molecule has 0 aliphatic carbocycles. The van der Waals surface area contributed by atoms with Gasteiger partial charge < -0.3 is 5.32 Å². The molecule has 0 bridgehead atoms. The first kappa shape index (κ1) is 10.7. The van der Waals surface area contributed by atoms with Gasteiger partial charge >= 0.3 is 0 Å². The summed E-state index contributed by atoms with van der Waals surface area (Å²) in [6.45, 7) is 0. The largest absolute Gasteiger partial charge is 0.352 e. The van der Waals surface area contributed by atoms with Crippen LogP contribution in [0.3, 0.4) is 0 Å². The molecule has 2 nitrogen and oxygen atoms in total. The summed E-state index contributed by atoms with van der Waals surface area (Å²) in [7, 11) is 0. The van der Waals surface area contributed by atoms with Crippen molar-refractivity contribution in [2.75, 3.05) is 5.32 Å². The first-order valence-electron chi connectivity index (χ1n) is 5.10. The Morgan fingerprint density at radius 2 is 2.12 bits per heavy atom. The van der Waals surface area contributed by atoms with Crippen LogP contribution in [0.25, 0.3) is 6.08 Å². The van der Waals surface area contributed by atoms with Crippen LogP contribution in [0.1, 0.15) is 15.2 Å². The molecule has 0 amide bonds. The number of rotatable bonds is 1. The summed E-state index contributed by atoms with van der Waals surface area (Å²) in [6.07, 6.45) is 1.89. The lowest BCUT2D eigenvalue weighted by Crippen LogP contribution is -1.99. The van der Waals surface area contributed by atoms with Crippen molar-refractivity contribution in [3.63, 3.8) is 0 Å². The minimum absolute atomic E-state index is 0.0603. The summed E-state index contributed by atoms with van der Waals surface area (Å²) in [6, 6.07) is 9.55. The molecule has 0 unspecified atom stereocenters. The van der Waals surface area contributed by atoms with E-state index in [1.54, 1.807) is 11.3 Å². The van der Waals surface area contributed by atoms with Crippen LogP contribution in [0.4, 0.5) is 5.69 Å². The van der Waals surface area contributed by atoms with E-state index in [1.807, 2.05) is 41.8 Å². The molecule has 1 N–H and O–H groups in total. The molecule has 0 spiro atoms. The summed E-state index contributed by atoms with van der Waals surface area (Å²) < 4.78 is 1.04. The third-order valence-corrected chi connectivity index (χ3v) is 4.20. The molecular formula is C13H8BrNOS. The molecule has 4 heteroatoms. The van der Waals surface area contributed by atoms with Gasteiger partial charge in [-0.15, -0.1) is 11.3 Å². The summed E-state index contributed by atoms with van der Waals surface area (Å²) in [5.41, 5.74) is 2.27. The van der Waals surface area contributed by atoms with Crippen molar-refractivity contribution >= 4 is 44.8 Å². The number of anilines is 1. The molecule has 1 aliphatic rings. The zero-order valence-electron chi connectivity index (χ0n) is 8.74. The number of thiophene rings is 1. The van der Waals surface area contributed by atoms with Gasteiger partial charge in [-0.2, -0.15) is 0 Å². The Bertz CT molecular complexity index is 630. The van der Waals surface area contributed by atoms with Gasteiger partial charge in [-0.1, -0.05) is 12.1 Å². The maximum Gasteiger partial charge on any atom is 0.211 e. The highest BCUT2D eigenvalue weighted by Crippen LogP contribution is 2.30. The number of nitrogens with one attached hydrogen (secondary N) is 1. The molecule has 0 fully saturated rings. The second kappa shape index (κ2) is 4.13. The van der Waals surface area contributed by atoms with E-state index in [0.717, 1.165) is 20.6 Å². The average Bonchev–Trinajstić information content (AvgIpc) is 2.86. The van der Waals surface area contributed by atoms with Gasteiger partial charge in [0.2, 0.25) is 5.78 Å². The van der Waals surface area contributed by atoms with Crippen molar-refractivity contribution in [1.29, 1.82) is 0 Å². The van der Waals surface area contributed by atoms with Crippen LogP contribution in [0, 0.1) is 0 Å². The number of halogens is 1. The van der Waals surface area contributed by atoms with Gasteiger partial charge in [0.15, 0.2) is 0 Å². The number of benzene rings is 1. The first-order valence-corrected chi connectivity index (χ1v) is 6.78. The predicted molar refractivity (Wildman–Crippen MR) is 74.4 cm³/mol. The van der Waals surface area contributed by atoms with Gasteiger partial charge in [0.1, 0.15) is 0 Å². The van der Waals surface area contributed by atoms with Crippen LogP contribution in [-0.4, -0.2) is 5.78 Å². The van der Waals surface area contributed by atoms with E-state index in [4.69, 9.17) is 0 Å². The van der Waals surface area contributed by atoms with Crippen molar-refractivity contribution in [2.24, 2.45) is 0 Å². The van der Waals surface area contributed by atoms with E-state index < -0.39 is 0 Å². The fourth-order valence-electron chi connectivity index (χ4n) is 1.78. The Hall–Kier alpha value is -1.39. The number of hydrogen-bond acceptors (Lipinski definition) is 3. The van der Waals surface area contributed by atoms with Crippen LogP contribution < -0.4 is 5.32 Å². The number of Topliss-reactive ketones (excluding diaryl/α,β-unsaturated/α-hetero) is 1. The third kappa shape index (κ3) is 1.94. The van der Waals surface area contributed by atoms with Gasteiger partial charge in [-0.25, -0.2) is 0 Å². The monoisotopic (exact) mass is 305 g/mol. The maximum absolute atomic E-state index is 12.1. The number of ketones is 1. The molecule has 84 valence electrons. The Morgan fingerprint density at radius 1 is 1.29 bits per heavy atom. The topological polar surface area (TPSA) is 29.1 Å². The molecule has 1 aliphatic heterocycles. The second-order valence-electron chi connectivity index (χ2n) is 3.73. The van der Waals surface area contributed by atoms with E-state index in [1.165, 1.54) is 0 Å². The molecule has 0 radical (unpaired) electrons. The summed E-state index contributed by atoms with van der Waals surface area (Å²) in [4.78, 5) is 13.1. The highest BCUT2D eigenvalue weighted by Gasteiger charge is 2.23. The summed E-state index contributed by atoms with van der Waals surface area (Å²) >= 11 is 5.00. The molecule has 3 rings (SSSR count). The van der Waals surface area contributed by atoms with E-state index in [9.17, 15) is 4.79 Å². The SMILES string of the molecule is O=C1/C(=C/c2cc(Br)cs2)Nc2ccccc21. The highest BCUT2D eigenvalue weighted by molar-refractivity contribution is 9.10. The van der Waals surface area contributed by atoms with Crippen LogP contribution in [0.5, 0.6) is 0 Å². The Labute approximate surface area is 111 Å². The summed E-state index contributed by atoms with van der Waals surface area (Å²) in [5, 5.41) is 5.14. The van der Waals surface area contributed by atoms with Crippen molar-refractivity contribution in [2.45, 2.75) is 0 Å². The first-order chi connectivity index (χ1) is 8.24. The van der Waals surface area contributed by atoms with Crippen molar-refractivity contribution in [1.82, 2.24) is 0 Å². The lowest BCUT2D eigenvalue weighted by atomic mass is 10.1. The molecule has 17 heavy (non-hydrogen) atoms. The number of allylic oxidation sites excluding steroid dienone is 1. The zero-order valence-corrected chi connectivity index (χ0v) is 11.1. The van der Waals surface area contributed by atoms with E-state index in [2.05, 4.69) is 21.2 Å². The van der Waals surface area contributed by atoms with Crippen LogP contribution in [-0.2, 0) is 0 Å². The molecule has 1 aromatic carbocycles. The number of para-hydroxylation sites is 1. The van der Waals surface area contributed by atoms with Crippen molar-refractivity contribution < 1.29 is 4.79 Å². The number of hydrogen-bond donors (Lipinski definition) is 1. The highest BCUT2D eigenvalue weighted by atomic mass is 79.9. The van der Waals surface area contributed by atoms with Gasteiger partial charge in [-0.3, -0.25) is 4.79 Å². The lowest BCUT2D eigenvalue weighted by Gasteiger charge is -1.96. The quantitative estimate of drug-likeness (QED) is 0.802. The van der Waals surface area contributed by atoms with Crippen molar-refractivity contribution in [3.05, 3.63) is 56.3 Å². The zero-order chi connectivity index (χ0) is 11.8. The van der Waals surface area contributed by atoms with E-state index in [0.29, 0.717) is 5.70 Å². The lowest BCUT2D eigenvalue weighted by molar-refractivity contribution is 0.104. The average molecular weight is 306 g/mol. The third-order valence-electron chi connectivity index (χ3n) is 2.56. The number of carbonyl (C=O) groups excluding carboxylic acids is 1. The Balaban J connectivity index is 1.99. The minimum Gasteiger partial charge on any atom is -0.352 e. The van der Waals surface area contributed by atoms with Gasteiger partial charge in [0, 0.05) is 26.0 Å². The smallest absolute Gasteiger partial charge is 0.211 e.